The van der Waals surface area contributed by atoms with Crippen molar-refractivity contribution in [2.24, 2.45) is 0 Å². The third-order valence-corrected chi connectivity index (χ3v) is 21.7. The highest BCUT2D eigenvalue weighted by molar-refractivity contribution is 6.88. The fourth-order valence-electron chi connectivity index (χ4n) is 9.18. The zero-order valence-corrected chi connectivity index (χ0v) is 47.3. The van der Waals surface area contributed by atoms with E-state index in [9.17, 15) is 0 Å². The maximum Gasteiger partial charge on any atom is 0.0777 e. The van der Waals surface area contributed by atoms with Gasteiger partial charge in [-0.05, 0) is 103 Å². The van der Waals surface area contributed by atoms with Gasteiger partial charge in [-0.3, -0.25) is 0 Å². The van der Waals surface area contributed by atoms with Crippen LogP contribution in [0.2, 0.25) is 72.0 Å². The van der Waals surface area contributed by atoms with Crippen LogP contribution in [0.1, 0.15) is 43.0 Å². The van der Waals surface area contributed by atoms with Crippen molar-refractivity contribution in [2.45, 2.75) is 119 Å². The van der Waals surface area contributed by atoms with Crippen LogP contribution < -0.4 is 35.7 Å². The predicted octanol–water partition coefficient (Wildman–Crippen LogP) is 12.5. The molecule has 328 valence electrons. The van der Waals surface area contributed by atoms with Gasteiger partial charge in [0.2, 0.25) is 0 Å². The average Bonchev–Trinajstić information content (AvgIpc) is 3.20. The Labute approximate surface area is 388 Å². The molecule has 63 heavy (non-hydrogen) atoms. The summed E-state index contributed by atoms with van der Waals surface area (Å²) in [7, 11) is -6.25. The molecule has 0 radical (unpaired) electrons. The molecule has 0 spiro atoms. The Hall–Kier alpha value is -4.26. The quantitative estimate of drug-likeness (QED) is 0.0725. The molecular weight excluding hydrogens is 841 g/mol. The Balaban J connectivity index is 1.73. The number of benzene rings is 7. The molecule has 0 N–H and O–H groups in total. The molecule has 0 saturated carbocycles. The molecule has 0 unspecified atom stereocenters. The van der Waals surface area contributed by atoms with E-state index in [0.29, 0.717) is 0 Å². The Morgan fingerprint density at radius 2 is 0.762 bits per heavy atom. The summed E-state index contributed by atoms with van der Waals surface area (Å²) in [4.78, 5) is 5.35. The van der Waals surface area contributed by atoms with Gasteiger partial charge in [0, 0.05) is 44.3 Å². The van der Waals surface area contributed by atoms with Crippen molar-refractivity contribution in [1.82, 2.24) is 0 Å². The van der Waals surface area contributed by atoms with Crippen LogP contribution in [0.5, 0.6) is 0 Å². The molecule has 0 saturated heterocycles. The molecule has 2 nitrogen and oxygen atoms in total. The molecule has 0 heterocycles. The molecule has 0 aliphatic carbocycles. The van der Waals surface area contributed by atoms with Gasteiger partial charge in [-0.15, -0.1) is 0 Å². The molecule has 0 atom stereocenters. The maximum absolute atomic E-state index is 2.70. The fourth-order valence-corrected chi connectivity index (χ4v) is 14.9. The summed E-state index contributed by atoms with van der Waals surface area (Å²) in [5.41, 5.74) is 12.9. The second kappa shape index (κ2) is 18.0. The minimum absolute atomic E-state index is 0.0444. The monoisotopic (exact) mass is 914 g/mol. The summed E-state index contributed by atoms with van der Waals surface area (Å²) in [6.45, 7) is 41.3. The number of fused-ring (bicyclic) bond motifs is 2. The third-order valence-electron chi connectivity index (χ3n) is 13.0. The highest BCUT2D eigenvalue weighted by Crippen LogP contribution is 2.51. The largest absolute Gasteiger partial charge is 0.309 e. The van der Waals surface area contributed by atoms with E-state index in [-0.39, 0.29) is 5.41 Å². The zero-order valence-electron chi connectivity index (χ0n) is 41.7. The number of nitrogens with zero attached hydrogens (tertiary/aromatic N) is 2. The van der Waals surface area contributed by atoms with E-state index < -0.39 is 43.3 Å². The SMILES string of the molecule is Cc1cc(N(c2cc(C)cc([Si](C)(C)C)c2)c2c3ccccc3c(N(c3cc(C)cc([SiH](C)C)c3)c3cc([SiH](C)C)cc([SiH](C)C)c3)c3cc(C(C)(C)C)ccc23)cc([SiH](C)C)c1. The summed E-state index contributed by atoms with van der Waals surface area (Å²) in [5, 5.41) is 12.7. The Morgan fingerprint density at radius 3 is 1.17 bits per heavy atom. The summed E-state index contributed by atoms with van der Waals surface area (Å²) in [6.07, 6.45) is 0. The molecule has 7 heteroatoms. The number of rotatable bonds is 11. The normalized spacial score (nSPS) is 12.5. The lowest BCUT2D eigenvalue weighted by Gasteiger charge is -2.35. The molecule has 0 aliphatic rings. The first kappa shape index (κ1) is 46.7. The van der Waals surface area contributed by atoms with Crippen molar-refractivity contribution in [3.63, 3.8) is 0 Å². The molecule has 0 aliphatic heterocycles. The number of hydrogen-bond donors (Lipinski definition) is 0. The molecule has 0 bridgehead atoms. The Bertz CT molecular complexity index is 2800. The van der Waals surface area contributed by atoms with Crippen molar-refractivity contribution in [2.75, 3.05) is 9.80 Å². The van der Waals surface area contributed by atoms with Crippen molar-refractivity contribution < 1.29 is 0 Å². The number of hydrogen-bond acceptors (Lipinski definition) is 2. The van der Waals surface area contributed by atoms with Gasteiger partial charge < -0.3 is 9.80 Å². The van der Waals surface area contributed by atoms with Gasteiger partial charge in [0.05, 0.1) is 54.6 Å². The molecule has 0 fully saturated rings. The van der Waals surface area contributed by atoms with Gasteiger partial charge in [0.1, 0.15) is 0 Å². The molecular formula is C56H74N2Si5. The van der Waals surface area contributed by atoms with E-state index in [1.165, 1.54) is 93.5 Å². The van der Waals surface area contributed by atoms with Gasteiger partial charge in [-0.1, -0.05) is 179 Å². The van der Waals surface area contributed by atoms with Crippen molar-refractivity contribution in [1.29, 1.82) is 0 Å². The predicted molar refractivity (Wildman–Crippen MR) is 301 cm³/mol. The van der Waals surface area contributed by atoms with Gasteiger partial charge in [0.15, 0.2) is 0 Å². The van der Waals surface area contributed by atoms with E-state index in [1.54, 1.807) is 10.4 Å². The van der Waals surface area contributed by atoms with Crippen LogP contribution in [0.4, 0.5) is 34.1 Å². The molecule has 7 aromatic carbocycles. The van der Waals surface area contributed by atoms with E-state index in [0.717, 1.165) is 0 Å². The second-order valence-corrected chi connectivity index (χ2v) is 38.9. The fraction of sp³-hybridized carbons (Fsp3) is 0.321. The zero-order chi connectivity index (χ0) is 45.9. The molecule has 7 rings (SSSR count). The molecule has 0 aromatic heterocycles. The van der Waals surface area contributed by atoms with Gasteiger partial charge >= 0.3 is 0 Å². The van der Waals surface area contributed by atoms with Crippen molar-refractivity contribution >= 4 is 125 Å². The maximum atomic E-state index is 2.70. The van der Waals surface area contributed by atoms with Crippen molar-refractivity contribution in [3.8, 4) is 0 Å². The second-order valence-electron chi connectivity index (χ2n) is 21.9. The Kier molecular flexibility index (Phi) is 13.3. The smallest absolute Gasteiger partial charge is 0.0777 e. The first-order valence-corrected chi connectivity index (χ1v) is 38.7. The van der Waals surface area contributed by atoms with Crippen LogP contribution >= 0.6 is 0 Å². The Morgan fingerprint density at radius 1 is 0.397 bits per heavy atom. The van der Waals surface area contributed by atoms with Crippen LogP contribution in [0, 0.1) is 20.8 Å². The third kappa shape index (κ3) is 9.74. The van der Waals surface area contributed by atoms with E-state index in [4.69, 9.17) is 0 Å². The lowest BCUT2D eigenvalue weighted by molar-refractivity contribution is 0.591. The average molecular weight is 916 g/mol. The van der Waals surface area contributed by atoms with E-state index in [2.05, 4.69) is 239 Å². The lowest BCUT2D eigenvalue weighted by Crippen LogP contribution is -2.38. The van der Waals surface area contributed by atoms with Crippen LogP contribution in [0.25, 0.3) is 21.5 Å². The van der Waals surface area contributed by atoms with Gasteiger partial charge in [0.25, 0.3) is 0 Å². The van der Waals surface area contributed by atoms with Crippen LogP contribution in [0.15, 0.2) is 115 Å². The summed E-state index contributed by atoms with van der Waals surface area (Å²) in [6, 6.07) is 46.8. The summed E-state index contributed by atoms with van der Waals surface area (Å²) < 4.78 is 0. The minimum atomic E-state index is -1.68. The summed E-state index contributed by atoms with van der Waals surface area (Å²) >= 11 is 0. The standard InChI is InChI=1S/C56H74N2Si5/c1-37-24-41(31-45(27-37)59(7)8)57(43-26-39(3)29-49(35-43)63(15,16)17)54-50-20-18-19-21-51(50)55(53-30-40(56(4,5)6)22-23-52(53)54)58(42-25-38(2)28-46(32-42)60(9)10)44-33-47(61(11)12)36-48(34-44)62(13)14/h18-36,59-62H,1-17H3. The molecule has 7 aromatic rings. The van der Waals surface area contributed by atoms with Crippen molar-refractivity contribution in [3.05, 3.63) is 138 Å². The van der Waals surface area contributed by atoms with E-state index >= 15 is 0 Å². The van der Waals surface area contributed by atoms with Crippen LogP contribution in [0.3, 0.4) is 0 Å². The van der Waals surface area contributed by atoms with Crippen LogP contribution in [-0.2, 0) is 5.41 Å². The number of anilines is 6. The van der Waals surface area contributed by atoms with Gasteiger partial charge in [-0.2, -0.15) is 0 Å². The summed E-state index contributed by atoms with van der Waals surface area (Å²) in [5.74, 6) is 0. The highest BCUT2D eigenvalue weighted by atomic mass is 28.3. The topological polar surface area (TPSA) is 6.48 Å². The first-order valence-electron chi connectivity index (χ1n) is 23.6. The van der Waals surface area contributed by atoms with E-state index in [1.807, 2.05) is 0 Å². The first-order chi connectivity index (χ1) is 29.5. The van der Waals surface area contributed by atoms with Gasteiger partial charge in [-0.25, -0.2) is 0 Å². The molecule has 0 amide bonds. The van der Waals surface area contributed by atoms with Crippen LogP contribution in [-0.4, -0.2) is 43.3 Å². The number of aryl methyl sites for hydroxylation is 3. The lowest BCUT2D eigenvalue weighted by atomic mass is 9.84. The highest BCUT2D eigenvalue weighted by Gasteiger charge is 2.29. The minimum Gasteiger partial charge on any atom is -0.309 e.